The van der Waals surface area contributed by atoms with E-state index in [2.05, 4.69) is 15.2 Å². The second kappa shape index (κ2) is 9.76. The van der Waals surface area contributed by atoms with E-state index in [0.29, 0.717) is 23.6 Å². The molecule has 11 heteroatoms. The maximum Gasteiger partial charge on any atom is 0.341 e. The van der Waals surface area contributed by atoms with Crippen molar-refractivity contribution in [3.05, 3.63) is 64.6 Å². The quantitative estimate of drug-likeness (QED) is 0.458. The summed E-state index contributed by atoms with van der Waals surface area (Å²) in [7, 11) is 0. The van der Waals surface area contributed by atoms with Gasteiger partial charge in [-0.05, 0) is 56.4 Å². The third-order valence-electron chi connectivity index (χ3n) is 7.46. The van der Waals surface area contributed by atoms with Gasteiger partial charge in [-0.2, -0.15) is 15.5 Å². The number of nitriles is 1. The molecule has 0 unspecified atom stereocenters. The highest BCUT2D eigenvalue weighted by Gasteiger charge is 2.39. The summed E-state index contributed by atoms with van der Waals surface area (Å²) in [5, 5.41) is 19.3. The lowest BCUT2D eigenvalue weighted by molar-refractivity contribution is 0.0257. The molecule has 2 fully saturated rings. The maximum atomic E-state index is 14.7. The van der Waals surface area contributed by atoms with Crippen LogP contribution in [0.2, 0.25) is 0 Å². The molecule has 39 heavy (non-hydrogen) atoms. The van der Waals surface area contributed by atoms with E-state index in [1.807, 2.05) is 24.6 Å². The van der Waals surface area contributed by atoms with Crippen LogP contribution in [0.5, 0.6) is 5.75 Å². The molecule has 9 nitrogen and oxygen atoms in total. The van der Waals surface area contributed by atoms with Crippen LogP contribution in [0.3, 0.4) is 0 Å². The number of benzene rings is 1. The molecule has 2 aliphatic heterocycles. The van der Waals surface area contributed by atoms with Crippen LogP contribution in [-0.4, -0.2) is 56.1 Å². The minimum Gasteiger partial charge on any atom is -0.483 e. The summed E-state index contributed by atoms with van der Waals surface area (Å²) in [5.74, 6) is -0.370. The van der Waals surface area contributed by atoms with Crippen molar-refractivity contribution < 1.29 is 18.3 Å². The Hall–Kier alpha value is -4.33. The number of nitrogens with zero attached hydrogens (tertiary/aromatic N) is 7. The molecule has 2 aromatic heterocycles. The molecule has 0 spiro atoms. The van der Waals surface area contributed by atoms with Crippen LogP contribution in [0.25, 0.3) is 11.3 Å². The third-order valence-corrected chi connectivity index (χ3v) is 7.46. The van der Waals surface area contributed by atoms with Gasteiger partial charge in [0.2, 0.25) is 0 Å². The molecule has 6 rings (SSSR count). The first-order valence-corrected chi connectivity index (χ1v) is 13.0. The van der Waals surface area contributed by atoms with Crippen molar-refractivity contribution in [3.63, 3.8) is 0 Å². The molecule has 0 radical (unpaired) electrons. The number of aromatic nitrogens is 3. The number of pyridine rings is 1. The molecular weight excluding hydrogens is 504 g/mol. The average Bonchev–Trinajstić information content (AvgIpc) is 3.48. The van der Waals surface area contributed by atoms with E-state index in [9.17, 15) is 13.6 Å². The lowest BCUT2D eigenvalue weighted by atomic mass is 10.0. The summed E-state index contributed by atoms with van der Waals surface area (Å²) < 4.78 is 36.6. The SMILES string of the molecule is Cc1nn(CC2CC2)c(C)c1-c1cc(OC2CN(C(=O)N3N=CC[C@H]3c3cc(F)cc(C#N)c3)C2)c(F)cn1. The monoisotopic (exact) mass is 531 g/mol. The van der Waals surface area contributed by atoms with E-state index < -0.39 is 23.8 Å². The highest BCUT2D eigenvalue weighted by Crippen LogP contribution is 2.35. The van der Waals surface area contributed by atoms with Crippen molar-refractivity contribution >= 4 is 12.2 Å². The van der Waals surface area contributed by atoms with Crippen LogP contribution in [0.15, 0.2) is 35.6 Å². The number of amides is 2. The zero-order valence-electron chi connectivity index (χ0n) is 21.6. The minimum atomic E-state index is -0.576. The van der Waals surface area contributed by atoms with Gasteiger partial charge in [0.25, 0.3) is 0 Å². The second-order valence-corrected chi connectivity index (χ2v) is 10.4. The number of carbonyl (C=O) groups is 1. The zero-order chi connectivity index (χ0) is 27.3. The number of halogens is 2. The standard InChI is InChI=1S/C28H27F2N7O2/c1-16-27(17(2)36(34-16)13-18-3-4-18)24-10-26(23(30)12-32-24)39-22-14-35(15-22)28(38)37-25(5-6-33-37)20-7-19(11-31)8-21(29)9-20/h6-10,12,18,22,25H,3-5,13-15H2,1-2H3/t25-/m0/s1. The summed E-state index contributed by atoms with van der Waals surface area (Å²) in [5.41, 5.74) is 3.98. The number of ether oxygens (including phenoxy) is 1. The smallest absolute Gasteiger partial charge is 0.341 e. The van der Waals surface area contributed by atoms with Crippen molar-refractivity contribution in [3.8, 4) is 23.1 Å². The first-order valence-electron chi connectivity index (χ1n) is 13.0. The fraction of sp³-hybridized carbons (Fsp3) is 0.393. The Bertz CT molecular complexity index is 1520. The van der Waals surface area contributed by atoms with Crippen molar-refractivity contribution in [1.82, 2.24) is 24.7 Å². The van der Waals surface area contributed by atoms with E-state index in [1.54, 1.807) is 23.2 Å². The number of likely N-dealkylation sites (tertiary alicyclic amines) is 1. The molecule has 1 aliphatic carbocycles. The van der Waals surface area contributed by atoms with Gasteiger partial charge in [0, 0.05) is 36.5 Å². The number of hydrogen-bond acceptors (Lipinski definition) is 6. The lowest BCUT2D eigenvalue weighted by Crippen LogP contribution is -2.58. The van der Waals surface area contributed by atoms with Gasteiger partial charge in [-0.3, -0.25) is 9.67 Å². The predicted molar refractivity (Wildman–Crippen MR) is 138 cm³/mol. The van der Waals surface area contributed by atoms with Crippen LogP contribution in [0.4, 0.5) is 13.6 Å². The second-order valence-electron chi connectivity index (χ2n) is 10.4. The van der Waals surface area contributed by atoms with Gasteiger partial charge in [0.15, 0.2) is 11.6 Å². The van der Waals surface area contributed by atoms with Gasteiger partial charge in [0.05, 0.1) is 48.3 Å². The largest absolute Gasteiger partial charge is 0.483 e. The molecule has 1 aromatic carbocycles. The molecule has 2 amide bonds. The lowest BCUT2D eigenvalue weighted by Gasteiger charge is -2.41. The number of hydrazone groups is 1. The van der Waals surface area contributed by atoms with Crippen LogP contribution >= 0.6 is 0 Å². The van der Waals surface area contributed by atoms with Gasteiger partial charge in [-0.1, -0.05) is 0 Å². The molecule has 0 bridgehead atoms. The highest BCUT2D eigenvalue weighted by atomic mass is 19.1. The topological polar surface area (TPSA) is 99.6 Å². The number of rotatable bonds is 6. The average molecular weight is 532 g/mol. The van der Waals surface area contributed by atoms with E-state index in [4.69, 9.17) is 10.00 Å². The Morgan fingerprint density at radius 1 is 1.18 bits per heavy atom. The Kier molecular flexibility index (Phi) is 6.25. The van der Waals surface area contributed by atoms with Crippen LogP contribution in [0, 0.1) is 42.7 Å². The van der Waals surface area contributed by atoms with Crippen molar-refractivity contribution in [1.29, 1.82) is 5.26 Å². The van der Waals surface area contributed by atoms with E-state index in [0.717, 1.165) is 35.8 Å². The predicted octanol–water partition coefficient (Wildman–Crippen LogP) is 4.74. The van der Waals surface area contributed by atoms with Gasteiger partial charge in [0.1, 0.15) is 11.9 Å². The van der Waals surface area contributed by atoms with E-state index in [1.165, 1.54) is 23.9 Å². The fourth-order valence-electron chi connectivity index (χ4n) is 5.18. The summed E-state index contributed by atoms with van der Waals surface area (Å²) in [6, 6.07) is 6.68. The zero-order valence-corrected chi connectivity index (χ0v) is 21.6. The summed E-state index contributed by atoms with van der Waals surface area (Å²) >= 11 is 0. The molecule has 1 atom stereocenters. The number of carbonyl (C=O) groups excluding carboxylic acids is 1. The molecular formula is C28H27F2N7O2. The van der Waals surface area contributed by atoms with Crippen LogP contribution in [0.1, 0.15) is 47.8 Å². The molecule has 0 N–H and O–H groups in total. The molecule has 1 saturated heterocycles. The Morgan fingerprint density at radius 3 is 2.72 bits per heavy atom. The summed E-state index contributed by atoms with van der Waals surface area (Å²) in [4.78, 5) is 19.0. The number of hydrogen-bond donors (Lipinski definition) is 0. The Balaban J connectivity index is 1.12. The van der Waals surface area contributed by atoms with Gasteiger partial charge in [-0.15, -0.1) is 0 Å². The highest BCUT2D eigenvalue weighted by molar-refractivity contribution is 5.79. The van der Waals surface area contributed by atoms with Crippen molar-refractivity contribution in [2.75, 3.05) is 13.1 Å². The van der Waals surface area contributed by atoms with Crippen LogP contribution < -0.4 is 4.74 Å². The summed E-state index contributed by atoms with van der Waals surface area (Å²) in [6.45, 7) is 5.30. The minimum absolute atomic E-state index is 0.0757. The van der Waals surface area contributed by atoms with Gasteiger partial charge < -0.3 is 9.64 Å². The molecule has 3 aromatic rings. The molecule has 3 aliphatic rings. The van der Waals surface area contributed by atoms with E-state index >= 15 is 0 Å². The normalized spacial score (nSPS) is 18.8. The van der Waals surface area contributed by atoms with Crippen molar-refractivity contribution in [2.45, 2.75) is 51.8 Å². The van der Waals surface area contributed by atoms with Crippen molar-refractivity contribution in [2.24, 2.45) is 11.0 Å². The Labute approximate surface area is 224 Å². The number of urea groups is 1. The molecule has 200 valence electrons. The number of aryl methyl sites for hydroxylation is 1. The van der Waals surface area contributed by atoms with Crippen LogP contribution in [-0.2, 0) is 6.54 Å². The Morgan fingerprint density at radius 2 is 1.97 bits per heavy atom. The summed E-state index contributed by atoms with van der Waals surface area (Å²) in [6.07, 6.45) is 5.20. The molecule has 4 heterocycles. The first-order chi connectivity index (χ1) is 18.8. The van der Waals surface area contributed by atoms with E-state index in [-0.39, 0.29) is 30.4 Å². The maximum absolute atomic E-state index is 14.7. The third kappa shape index (κ3) is 4.82. The van der Waals surface area contributed by atoms with Gasteiger partial charge >= 0.3 is 6.03 Å². The first kappa shape index (κ1) is 25.0. The van der Waals surface area contributed by atoms with Gasteiger partial charge in [-0.25, -0.2) is 18.6 Å². The fourth-order valence-corrected chi connectivity index (χ4v) is 5.18. The molecule has 1 saturated carbocycles.